The van der Waals surface area contributed by atoms with Crippen LogP contribution in [0.25, 0.3) is 0 Å². The highest BCUT2D eigenvalue weighted by Crippen LogP contribution is 2.36. The zero-order chi connectivity index (χ0) is 14.0. The van der Waals surface area contributed by atoms with Gasteiger partial charge in [0.2, 0.25) is 0 Å². The Morgan fingerprint density at radius 2 is 2.05 bits per heavy atom. The number of anilines is 1. The second-order valence-electron chi connectivity index (χ2n) is 5.40. The summed E-state index contributed by atoms with van der Waals surface area (Å²) in [7, 11) is 0. The molecule has 0 spiro atoms. The van der Waals surface area contributed by atoms with Gasteiger partial charge in [-0.05, 0) is 59.7 Å². The molecule has 0 bridgehead atoms. The molecule has 0 heterocycles. The molecule has 0 saturated heterocycles. The van der Waals surface area contributed by atoms with E-state index >= 15 is 0 Å². The topological polar surface area (TPSA) is 12.0 Å². The first-order chi connectivity index (χ1) is 8.97. The summed E-state index contributed by atoms with van der Waals surface area (Å²) in [5.41, 5.74) is 2.40. The minimum absolute atomic E-state index is 0.569. The van der Waals surface area contributed by atoms with Gasteiger partial charge < -0.3 is 5.32 Å². The Labute approximate surface area is 133 Å². The van der Waals surface area contributed by atoms with Crippen molar-refractivity contribution < 1.29 is 0 Å². The van der Waals surface area contributed by atoms with Crippen LogP contribution in [0.2, 0.25) is 10.0 Å². The fourth-order valence-corrected chi connectivity index (χ4v) is 3.60. The van der Waals surface area contributed by atoms with Crippen LogP contribution in [0.4, 0.5) is 5.69 Å². The first-order valence-electron chi connectivity index (χ1n) is 6.52. The summed E-state index contributed by atoms with van der Waals surface area (Å²) < 4.78 is 0.829. The summed E-state index contributed by atoms with van der Waals surface area (Å²) in [5, 5.41) is 4.59. The number of nitrogens with one attached hydrogen (secondary N) is 1. The van der Waals surface area contributed by atoms with Gasteiger partial charge in [0.05, 0.1) is 15.7 Å². The van der Waals surface area contributed by atoms with E-state index in [-0.39, 0.29) is 0 Å². The first-order valence-corrected chi connectivity index (χ1v) is 8.07. The molecule has 104 valence electrons. The minimum Gasteiger partial charge on any atom is -0.384 e. The highest BCUT2D eigenvalue weighted by atomic mass is 79.9. The SMILES string of the molecule is CC1=CC(C)CC(CNc2ccc(Br)c(Cl)c2Cl)C1. The smallest absolute Gasteiger partial charge is 0.0835 e. The van der Waals surface area contributed by atoms with E-state index in [0.717, 1.165) is 16.7 Å². The number of halogens is 3. The third kappa shape index (κ3) is 3.90. The van der Waals surface area contributed by atoms with Gasteiger partial charge in [-0.15, -0.1) is 0 Å². The molecule has 1 aliphatic carbocycles. The van der Waals surface area contributed by atoms with E-state index in [1.807, 2.05) is 12.1 Å². The zero-order valence-electron chi connectivity index (χ0n) is 11.1. The van der Waals surface area contributed by atoms with Crippen LogP contribution in [-0.2, 0) is 0 Å². The van der Waals surface area contributed by atoms with Gasteiger partial charge in [0.1, 0.15) is 0 Å². The lowest BCUT2D eigenvalue weighted by molar-refractivity contribution is 0.421. The summed E-state index contributed by atoms with van der Waals surface area (Å²) in [4.78, 5) is 0. The summed E-state index contributed by atoms with van der Waals surface area (Å²) in [6.07, 6.45) is 4.77. The number of hydrogen-bond acceptors (Lipinski definition) is 1. The Kier molecular flexibility index (Phi) is 5.22. The number of rotatable bonds is 3. The molecule has 4 heteroatoms. The molecule has 0 aliphatic heterocycles. The molecule has 2 unspecified atom stereocenters. The lowest BCUT2D eigenvalue weighted by Gasteiger charge is -2.26. The van der Waals surface area contributed by atoms with E-state index < -0.39 is 0 Å². The van der Waals surface area contributed by atoms with Crippen molar-refractivity contribution in [1.29, 1.82) is 0 Å². The Balaban J connectivity index is 2.00. The third-order valence-electron chi connectivity index (χ3n) is 3.50. The lowest BCUT2D eigenvalue weighted by Crippen LogP contribution is -2.20. The average Bonchev–Trinajstić information content (AvgIpc) is 2.34. The maximum Gasteiger partial charge on any atom is 0.0835 e. The first kappa shape index (κ1) is 15.2. The monoisotopic (exact) mass is 361 g/mol. The molecule has 0 radical (unpaired) electrons. The molecule has 2 rings (SSSR count). The van der Waals surface area contributed by atoms with Crippen molar-refractivity contribution in [2.45, 2.75) is 26.7 Å². The summed E-state index contributed by atoms with van der Waals surface area (Å²) in [6, 6.07) is 3.89. The molecular weight excluding hydrogens is 345 g/mol. The van der Waals surface area contributed by atoms with Crippen molar-refractivity contribution in [2.75, 3.05) is 11.9 Å². The van der Waals surface area contributed by atoms with Crippen LogP contribution < -0.4 is 5.32 Å². The Hall–Kier alpha value is -0.180. The van der Waals surface area contributed by atoms with Crippen molar-refractivity contribution >= 4 is 44.8 Å². The minimum atomic E-state index is 0.569. The molecule has 1 nitrogen and oxygen atoms in total. The molecule has 0 aromatic heterocycles. The van der Waals surface area contributed by atoms with E-state index in [0.29, 0.717) is 21.9 Å². The molecule has 0 fully saturated rings. The fraction of sp³-hybridized carbons (Fsp3) is 0.467. The lowest BCUT2D eigenvalue weighted by atomic mass is 9.84. The highest BCUT2D eigenvalue weighted by molar-refractivity contribution is 9.10. The van der Waals surface area contributed by atoms with Crippen LogP contribution in [0.5, 0.6) is 0 Å². The molecule has 0 saturated carbocycles. The van der Waals surface area contributed by atoms with Gasteiger partial charge in [0, 0.05) is 11.0 Å². The van der Waals surface area contributed by atoms with Gasteiger partial charge in [-0.25, -0.2) is 0 Å². The van der Waals surface area contributed by atoms with E-state index in [4.69, 9.17) is 23.2 Å². The molecule has 1 aliphatic rings. The molecule has 1 N–H and O–H groups in total. The summed E-state index contributed by atoms with van der Waals surface area (Å²) in [6.45, 7) is 5.43. The predicted molar refractivity (Wildman–Crippen MR) is 88.3 cm³/mol. The molecule has 1 aromatic rings. The van der Waals surface area contributed by atoms with Gasteiger partial charge in [-0.2, -0.15) is 0 Å². The summed E-state index contributed by atoms with van der Waals surface area (Å²) >= 11 is 15.7. The van der Waals surface area contributed by atoms with Gasteiger partial charge in [-0.3, -0.25) is 0 Å². The van der Waals surface area contributed by atoms with E-state index in [9.17, 15) is 0 Å². The summed E-state index contributed by atoms with van der Waals surface area (Å²) in [5.74, 6) is 1.34. The van der Waals surface area contributed by atoms with Crippen molar-refractivity contribution in [3.63, 3.8) is 0 Å². The van der Waals surface area contributed by atoms with Crippen LogP contribution in [-0.4, -0.2) is 6.54 Å². The van der Waals surface area contributed by atoms with E-state index in [1.54, 1.807) is 0 Å². The quantitative estimate of drug-likeness (QED) is 0.501. The third-order valence-corrected chi connectivity index (χ3v) is 5.27. The Morgan fingerprint density at radius 1 is 1.32 bits per heavy atom. The van der Waals surface area contributed by atoms with Crippen molar-refractivity contribution in [3.8, 4) is 0 Å². The largest absolute Gasteiger partial charge is 0.384 e. The second kappa shape index (κ2) is 6.51. The molecule has 2 atom stereocenters. The van der Waals surface area contributed by atoms with Crippen LogP contribution in [0, 0.1) is 11.8 Å². The maximum atomic E-state index is 6.24. The van der Waals surface area contributed by atoms with Crippen molar-refractivity contribution in [3.05, 3.63) is 38.3 Å². The Bertz CT molecular complexity index is 499. The Morgan fingerprint density at radius 3 is 2.74 bits per heavy atom. The van der Waals surface area contributed by atoms with Gasteiger partial charge in [0.15, 0.2) is 0 Å². The van der Waals surface area contributed by atoms with Crippen LogP contribution in [0.15, 0.2) is 28.3 Å². The molecule has 0 amide bonds. The van der Waals surface area contributed by atoms with Gasteiger partial charge >= 0.3 is 0 Å². The molecule has 1 aromatic carbocycles. The predicted octanol–water partition coefficient (Wildman–Crippen LogP) is 6.16. The highest BCUT2D eigenvalue weighted by Gasteiger charge is 2.18. The van der Waals surface area contributed by atoms with Gasteiger partial charge in [-0.1, -0.05) is 41.8 Å². The maximum absolute atomic E-state index is 6.24. The van der Waals surface area contributed by atoms with Crippen LogP contribution in [0.3, 0.4) is 0 Å². The average molecular weight is 363 g/mol. The zero-order valence-corrected chi connectivity index (χ0v) is 14.2. The number of benzene rings is 1. The fourth-order valence-electron chi connectivity index (χ4n) is 2.76. The number of hydrogen-bond donors (Lipinski definition) is 1. The van der Waals surface area contributed by atoms with Crippen molar-refractivity contribution in [2.24, 2.45) is 11.8 Å². The van der Waals surface area contributed by atoms with E-state index in [1.165, 1.54) is 18.4 Å². The molecular formula is C15H18BrCl2N. The standard InChI is InChI=1S/C15H18BrCl2N/c1-9-5-10(2)7-11(6-9)8-19-13-4-3-12(16)14(17)15(13)18/h3-5,9,11,19H,6-8H2,1-2H3. The van der Waals surface area contributed by atoms with Gasteiger partial charge in [0.25, 0.3) is 0 Å². The van der Waals surface area contributed by atoms with E-state index in [2.05, 4.69) is 41.2 Å². The second-order valence-corrected chi connectivity index (χ2v) is 7.01. The van der Waals surface area contributed by atoms with Crippen LogP contribution in [0.1, 0.15) is 26.7 Å². The number of allylic oxidation sites excluding steroid dienone is 2. The van der Waals surface area contributed by atoms with Crippen LogP contribution >= 0.6 is 39.1 Å². The molecule has 19 heavy (non-hydrogen) atoms. The van der Waals surface area contributed by atoms with Crippen molar-refractivity contribution in [1.82, 2.24) is 0 Å². The normalized spacial score (nSPS) is 23.1.